The summed E-state index contributed by atoms with van der Waals surface area (Å²) < 4.78 is 0. The molecule has 0 fully saturated rings. The van der Waals surface area contributed by atoms with Gasteiger partial charge in [0, 0.05) is 32.3 Å². The predicted molar refractivity (Wildman–Crippen MR) is 74.8 cm³/mol. The normalized spacial score (nSPS) is 10.2. The van der Waals surface area contributed by atoms with Gasteiger partial charge in [0.05, 0.1) is 11.3 Å². The summed E-state index contributed by atoms with van der Waals surface area (Å²) >= 11 is 0. The zero-order valence-corrected chi connectivity index (χ0v) is 12.0. The molecule has 1 amide bonds. The fourth-order valence-corrected chi connectivity index (χ4v) is 1.78. The number of nitrogens with zero attached hydrogens (tertiary/aromatic N) is 3. The number of carbonyl (C=O) groups excluding carboxylic acids is 1. The number of carbonyl (C=O) groups is 2. The highest BCUT2D eigenvalue weighted by Gasteiger charge is 2.11. The smallest absolute Gasteiger partial charge is 0.339 e. The van der Waals surface area contributed by atoms with Gasteiger partial charge in [-0.15, -0.1) is 0 Å². The lowest BCUT2D eigenvalue weighted by atomic mass is 10.2. The van der Waals surface area contributed by atoms with Crippen molar-refractivity contribution in [1.82, 2.24) is 14.9 Å². The molecular weight excluding hydrogens is 260 g/mol. The highest BCUT2D eigenvalue weighted by molar-refractivity contribution is 5.88. The molecule has 1 rings (SSSR count). The molecule has 1 aromatic rings. The summed E-state index contributed by atoms with van der Waals surface area (Å²) in [6, 6.07) is 0. The third-order valence-electron chi connectivity index (χ3n) is 2.95. The van der Waals surface area contributed by atoms with Crippen molar-refractivity contribution in [3.05, 3.63) is 17.5 Å². The highest BCUT2D eigenvalue weighted by Crippen LogP contribution is 2.07. The number of carboxylic acids is 1. The van der Waals surface area contributed by atoms with Crippen LogP contribution >= 0.6 is 0 Å². The van der Waals surface area contributed by atoms with Gasteiger partial charge in [-0.25, -0.2) is 14.8 Å². The molecular formula is C13H20N4O3. The van der Waals surface area contributed by atoms with Crippen LogP contribution in [0.4, 0.5) is 5.95 Å². The number of rotatable bonds is 7. The predicted octanol–water partition coefficient (Wildman–Crippen LogP) is 1.15. The summed E-state index contributed by atoms with van der Waals surface area (Å²) in [5, 5.41) is 11.8. The maximum atomic E-state index is 11.8. The Labute approximate surface area is 118 Å². The van der Waals surface area contributed by atoms with Crippen molar-refractivity contribution in [3.8, 4) is 0 Å². The summed E-state index contributed by atoms with van der Waals surface area (Å²) in [6.07, 6.45) is 1.62. The highest BCUT2D eigenvalue weighted by atomic mass is 16.4. The van der Waals surface area contributed by atoms with Crippen molar-refractivity contribution in [2.24, 2.45) is 0 Å². The molecule has 0 radical (unpaired) electrons. The van der Waals surface area contributed by atoms with Crippen LogP contribution in [0.2, 0.25) is 0 Å². The minimum atomic E-state index is -1.05. The molecule has 0 bridgehead atoms. The number of nitrogens with one attached hydrogen (secondary N) is 1. The SMILES string of the molecule is CCN(CC)C(=O)CCNc1ncc(C(=O)O)c(C)n1. The number of amides is 1. The first-order chi connectivity index (χ1) is 9.49. The van der Waals surface area contributed by atoms with Crippen LogP contribution in [0.15, 0.2) is 6.20 Å². The molecule has 20 heavy (non-hydrogen) atoms. The van der Waals surface area contributed by atoms with Crippen molar-refractivity contribution < 1.29 is 14.7 Å². The summed E-state index contributed by atoms with van der Waals surface area (Å²) in [4.78, 5) is 32.3. The number of hydrogen-bond donors (Lipinski definition) is 2. The number of hydrogen-bond acceptors (Lipinski definition) is 5. The zero-order valence-electron chi connectivity index (χ0n) is 12.0. The largest absolute Gasteiger partial charge is 0.478 e. The number of anilines is 1. The quantitative estimate of drug-likeness (QED) is 0.778. The monoisotopic (exact) mass is 280 g/mol. The lowest BCUT2D eigenvalue weighted by molar-refractivity contribution is -0.130. The van der Waals surface area contributed by atoms with Gasteiger partial charge in [0.25, 0.3) is 0 Å². The van der Waals surface area contributed by atoms with Crippen molar-refractivity contribution >= 4 is 17.8 Å². The average molecular weight is 280 g/mol. The van der Waals surface area contributed by atoms with E-state index >= 15 is 0 Å². The molecule has 0 saturated heterocycles. The van der Waals surface area contributed by atoms with Crippen molar-refractivity contribution in [2.75, 3.05) is 25.0 Å². The fourth-order valence-electron chi connectivity index (χ4n) is 1.78. The summed E-state index contributed by atoms with van der Waals surface area (Å²) in [7, 11) is 0. The van der Waals surface area contributed by atoms with Crippen LogP contribution in [-0.4, -0.2) is 51.5 Å². The Balaban J connectivity index is 2.53. The minimum Gasteiger partial charge on any atom is -0.478 e. The van der Waals surface area contributed by atoms with Crippen LogP contribution in [0.25, 0.3) is 0 Å². The van der Waals surface area contributed by atoms with Crippen LogP contribution in [0.1, 0.15) is 36.3 Å². The molecule has 1 heterocycles. The third kappa shape index (κ3) is 4.18. The van der Waals surface area contributed by atoms with Gasteiger partial charge in [0.15, 0.2) is 0 Å². The van der Waals surface area contributed by atoms with E-state index < -0.39 is 5.97 Å². The van der Waals surface area contributed by atoms with Crippen LogP contribution in [0.3, 0.4) is 0 Å². The number of aromatic carboxylic acids is 1. The molecule has 0 aromatic carbocycles. The molecule has 2 N–H and O–H groups in total. The zero-order chi connectivity index (χ0) is 15.1. The lowest BCUT2D eigenvalue weighted by Crippen LogP contribution is -2.31. The van der Waals surface area contributed by atoms with Crippen LogP contribution < -0.4 is 5.32 Å². The molecule has 7 heteroatoms. The Bertz CT molecular complexity index is 487. The van der Waals surface area contributed by atoms with Crippen molar-refractivity contribution in [3.63, 3.8) is 0 Å². The number of aryl methyl sites for hydroxylation is 1. The molecule has 110 valence electrons. The Morgan fingerprint density at radius 1 is 1.35 bits per heavy atom. The minimum absolute atomic E-state index is 0.0707. The summed E-state index contributed by atoms with van der Waals surface area (Å²) in [5.41, 5.74) is 0.472. The first kappa shape index (κ1) is 15.9. The van der Waals surface area contributed by atoms with Gasteiger partial charge in [-0.05, 0) is 20.8 Å². The van der Waals surface area contributed by atoms with Gasteiger partial charge in [0.1, 0.15) is 0 Å². The van der Waals surface area contributed by atoms with Gasteiger partial charge in [-0.2, -0.15) is 0 Å². The van der Waals surface area contributed by atoms with Crippen molar-refractivity contribution in [1.29, 1.82) is 0 Å². The Morgan fingerprint density at radius 2 is 2.00 bits per heavy atom. The first-order valence-electron chi connectivity index (χ1n) is 6.58. The third-order valence-corrected chi connectivity index (χ3v) is 2.95. The topological polar surface area (TPSA) is 95.4 Å². The van der Waals surface area contributed by atoms with E-state index in [2.05, 4.69) is 15.3 Å². The van der Waals surface area contributed by atoms with E-state index in [1.807, 2.05) is 13.8 Å². The number of aromatic nitrogens is 2. The molecule has 7 nitrogen and oxygen atoms in total. The average Bonchev–Trinajstić information content (AvgIpc) is 2.39. The Hall–Kier alpha value is -2.18. The van der Waals surface area contributed by atoms with Crippen LogP contribution in [-0.2, 0) is 4.79 Å². The van der Waals surface area contributed by atoms with Gasteiger partial charge < -0.3 is 15.3 Å². The lowest BCUT2D eigenvalue weighted by Gasteiger charge is -2.18. The van der Waals surface area contributed by atoms with Gasteiger partial charge in [-0.3, -0.25) is 4.79 Å². The molecule has 0 aliphatic heterocycles. The molecule has 0 aliphatic rings. The Morgan fingerprint density at radius 3 is 2.50 bits per heavy atom. The van der Waals surface area contributed by atoms with E-state index in [0.717, 1.165) is 0 Å². The van der Waals surface area contributed by atoms with E-state index in [1.54, 1.807) is 11.8 Å². The van der Waals surface area contributed by atoms with E-state index in [9.17, 15) is 9.59 Å². The molecule has 0 saturated carbocycles. The van der Waals surface area contributed by atoms with Crippen LogP contribution in [0, 0.1) is 6.92 Å². The van der Waals surface area contributed by atoms with Gasteiger partial charge in [-0.1, -0.05) is 0 Å². The second-order valence-corrected chi connectivity index (χ2v) is 4.24. The van der Waals surface area contributed by atoms with Crippen LogP contribution in [0.5, 0.6) is 0 Å². The molecule has 0 unspecified atom stereocenters. The van der Waals surface area contributed by atoms with Crippen molar-refractivity contribution in [2.45, 2.75) is 27.2 Å². The molecule has 0 atom stereocenters. The van der Waals surface area contributed by atoms with E-state index in [4.69, 9.17) is 5.11 Å². The standard InChI is InChI=1S/C13H20N4O3/c1-4-17(5-2)11(18)6-7-14-13-15-8-10(12(19)20)9(3)16-13/h8H,4-7H2,1-3H3,(H,19,20)(H,14,15,16). The fraction of sp³-hybridized carbons (Fsp3) is 0.538. The summed E-state index contributed by atoms with van der Waals surface area (Å²) in [5.74, 6) is -0.646. The Kier molecular flexibility index (Phi) is 5.89. The van der Waals surface area contributed by atoms with E-state index in [0.29, 0.717) is 37.7 Å². The van der Waals surface area contributed by atoms with Gasteiger partial charge >= 0.3 is 5.97 Å². The maximum Gasteiger partial charge on any atom is 0.339 e. The second-order valence-electron chi connectivity index (χ2n) is 4.24. The summed E-state index contributed by atoms with van der Waals surface area (Å²) in [6.45, 7) is 7.28. The first-order valence-corrected chi connectivity index (χ1v) is 6.58. The second kappa shape index (κ2) is 7.42. The molecule has 0 aliphatic carbocycles. The maximum absolute atomic E-state index is 11.8. The molecule has 1 aromatic heterocycles. The van der Waals surface area contributed by atoms with Gasteiger partial charge in [0.2, 0.25) is 11.9 Å². The van der Waals surface area contributed by atoms with E-state index in [-0.39, 0.29) is 11.5 Å². The number of carboxylic acid groups (broad SMARTS) is 1. The van der Waals surface area contributed by atoms with E-state index in [1.165, 1.54) is 6.20 Å². The molecule has 0 spiro atoms.